The van der Waals surface area contributed by atoms with E-state index in [-0.39, 0.29) is 23.3 Å². The molecule has 2 atom stereocenters. The van der Waals surface area contributed by atoms with Gasteiger partial charge in [-0.3, -0.25) is 4.79 Å². The predicted molar refractivity (Wildman–Crippen MR) is 122 cm³/mol. The average Bonchev–Trinajstić information content (AvgIpc) is 3.31. The van der Waals surface area contributed by atoms with E-state index in [9.17, 15) is 13.6 Å². The van der Waals surface area contributed by atoms with Gasteiger partial charge >= 0.3 is 0 Å². The number of nitrogens with zero attached hydrogens (tertiary/aromatic N) is 4. The molecule has 1 N–H and O–H groups in total. The lowest BCUT2D eigenvalue weighted by molar-refractivity contribution is -0.134. The van der Waals surface area contributed by atoms with Crippen molar-refractivity contribution in [1.29, 1.82) is 0 Å². The SMILES string of the molecule is CN1CCN(C(=O)[C@@H]2C[C@@H]2c2cnc3[nH]cc(-c4oncc4-c4cccc(F)c4F)c3c2)CC1. The van der Waals surface area contributed by atoms with Gasteiger partial charge in [0.2, 0.25) is 5.91 Å². The molecular formula is C25H23F2N5O2. The molecule has 174 valence electrons. The third-order valence-electron chi connectivity index (χ3n) is 6.96. The molecule has 1 aliphatic carbocycles. The van der Waals surface area contributed by atoms with Crippen molar-refractivity contribution in [1.82, 2.24) is 24.9 Å². The van der Waals surface area contributed by atoms with Crippen LogP contribution in [0.2, 0.25) is 0 Å². The highest BCUT2D eigenvalue weighted by Gasteiger charge is 2.46. The highest BCUT2D eigenvalue weighted by Crippen LogP contribution is 2.49. The summed E-state index contributed by atoms with van der Waals surface area (Å²) < 4.78 is 33.8. The first-order valence-electron chi connectivity index (χ1n) is 11.3. The lowest BCUT2D eigenvalue weighted by atomic mass is 10.0. The molecule has 0 radical (unpaired) electrons. The lowest BCUT2D eigenvalue weighted by Crippen LogP contribution is -2.47. The summed E-state index contributed by atoms with van der Waals surface area (Å²) >= 11 is 0. The number of halogens is 2. The zero-order chi connectivity index (χ0) is 23.4. The van der Waals surface area contributed by atoms with Crippen LogP contribution < -0.4 is 0 Å². The first kappa shape index (κ1) is 21.0. The molecule has 0 bridgehead atoms. The molecule has 2 fully saturated rings. The van der Waals surface area contributed by atoms with E-state index in [4.69, 9.17) is 4.52 Å². The molecule has 1 aliphatic heterocycles. The molecule has 0 unspecified atom stereocenters. The summed E-state index contributed by atoms with van der Waals surface area (Å²) in [6, 6.07) is 6.02. The highest BCUT2D eigenvalue weighted by molar-refractivity contribution is 5.96. The second-order valence-corrected chi connectivity index (χ2v) is 9.11. The molecule has 34 heavy (non-hydrogen) atoms. The quantitative estimate of drug-likeness (QED) is 0.494. The monoisotopic (exact) mass is 463 g/mol. The van der Waals surface area contributed by atoms with Gasteiger partial charge in [-0.25, -0.2) is 13.8 Å². The number of benzene rings is 1. The van der Waals surface area contributed by atoms with Crippen LogP contribution in [0.25, 0.3) is 33.5 Å². The fourth-order valence-corrected chi connectivity index (χ4v) is 4.85. The van der Waals surface area contributed by atoms with Crippen molar-refractivity contribution >= 4 is 16.9 Å². The fourth-order valence-electron chi connectivity index (χ4n) is 4.85. The third-order valence-corrected chi connectivity index (χ3v) is 6.96. The van der Waals surface area contributed by atoms with Crippen molar-refractivity contribution < 1.29 is 18.1 Å². The minimum absolute atomic E-state index is 0.0210. The third kappa shape index (κ3) is 3.47. The summed E-state index contributed by atoms with van der Waals surface area (Å²) in [4.78, 5) is 24.8. The Bertz CT molecular complexity index is 1390. The lowest BCUT2D eigenvalue weighted by Gasteiger charge is -2.32. The summed E-state index contributed by atoms with van der Waals surface area (Å²) in [5.74, 6) is -1.23. The molecule has 4 aromatic rings. The first-order valence-corrected chi connectivity index (χ1v) is 11.3. The molecule has 3 aromatic heterocycles. The Balaban J connectivity index is 1.31. The Hall–Kier alpha value is -3.59. The van der Waals surface area contributed by atoms with Gasteiger partial charge in [-0.05, 0) is 37.1 Å². The fraction of sp³-hybridized carbons (Fsp3) is 0.320. The molecule has 2 aliphatic rings. The molecule has 7 nitrogen and oxygen atoms in total. The summed E-state index contributed by atoms with van der Waals surface area (Å²) in [6.45, 7) is 3.33. The topological polar surface area (TPSA) is 78.3 Å². The number of hydrogen-bond acceptors (Lipinski definition) is 5. The van der Waals surface area contributed by atoms with E-state index in [0.29, 0.717) is 22.5 Å². The molecular weight excluding hydrogens is 440 g/mol. The Morgan fingerprint density at radius 2 is 1.94 bits per heavy atom. The maximum absolute atomic E-state index is 14.5. The standard InChI is InChI=1S/C25H23F2N5O2/c1-31-5-7-32(8-6-31)25(33)18-10-16(18)14-9-17-19(12-29-24(17)28-11-14)23-20(13-30-34-23)15-3-2-4-21(26)22(15)27/h2-4,9,11-13,16,18H,5-8,10H2,1H3,(H,28,29)/t16-,18-/m1/s1. The Morgan fingerprint density at radius 1 is 1.12 bits per heavy atom. The van der Waals surface area contributed by atoms with Crippen molar-refractivity contribution in [3.8, 4) is 22.5 Å². The largest absolute Gasteiger partial charge is 0.356 e. The van der Waals surface area contributed by atoms with E-state index >= 15 is 0 Å². The van der Waals surface area contributed by atoms with Crippen molar-refractivity contribution in [2.45, 2.75) is 12.3 Å². The van der Waals surface area contributed by atoms with E-state index in [1.165, 1.54) is 18.3 Å². The van der Waals surface area contributed by atoms with Crippen LogP contribution in [0.15, 0.2) is 47.4 Å². The van der Waals surface area contributed by atoms with E-state index < -0.39 is 11.6 Å². The molecule has 1 saturated heterocycles. The van der Waals surface area contributed by atoms with Crippen LogP contribution in [0.1, 0.15) is 17.9 Å². The van der Waals surface area contributed by atoms with Gasteiger partial charge in [0, 0.05) is 61.0 Å². The molecule has 1 aromatic carbocycles. The van der Waals surface area contributed by atoms with Crippen molar-refractivity contribution in [2.75, 3.05) is 33.2 Å². The first-order chi connectivity index (χ1) is 16.5. The Kier molecular flexibility index (Phi) is 4.95. The predicted octanol–water partition coefficient (Wildman–Crippen LogP) is 4.04. The second-order valence-electron chi connectivity index (χ2n) is 9.11. The molecule has 1 saturated carbocycles. The minimum Gasteiger partial charge on any atom is -0.356 e. The molecule has 0 spiro atoms. The smallest absolute Gasteiger partial charge is 0.226 e. The minimum atomic E-state index is -0.950. The number of carbonyl (C=O) groups is 1. The number of piperazine rings is 1. The molecule has 9 heteroatoms. The number of hydrogen-bond donors (Lipinski definition) is 1. The number of aromatic amines is 1. The van der Waals surface area contributed by atoms with Gasteiger partial charge in [0.25, 0.3) is 0 Å². The Morgan fingerprint density at radius 3 is 2.76 bits per heavy atom. The number of pyridine rings is 1. The zero-order valence-corrected chi connectivity index (χ0v) is 18.6. The number of likely N-dealkylation sites (N-methyl/N-ethyl adjacent to an activating group) is 1. The van der Waals surface area contributed by atoms with E-state index in [1.807, 2.05) is 11.0 Å². The molecule has 6 rings (SSSR count). The number of aromatic nitrogens is 3. The normalized spacial score (nSPS) is 20.7. The maximum atomic E-state index is 14.5. The van der Waals surface area contributed by atoms with Crippen molar-refractivity contribution in [2.24, 2.45) is 5.92 Å². The van der Waals surface area contributed by atoms with Gasteiger partial charge in [-0.15, -0.1) is 0 Å². The van der Waals surface area contributed by atoms with Gasteiger partial charge < -0.3 is 19.3 Å². The number of carbonyl (C=O) groups excluding carboxylic acids is 1. The number of fused-ring (bicyclic) bond motifs is 1. The summed E-state index contributed by atoms with van der Waals surface area (Å²) in [5, 5.41) is 4.62. The van der Waals surface area contributed by atoms with Crippen LogP contribution >= 0.6 is 0 Å². The van der Waals surface area contributed by atoms with Crippen LogP contribution in [-0.2, 0) is 4.79 Å². The van der Waals surface area contributed by atoms with E-state index in [2.05, 4.69) is 27.1 Å². The number of rotatable bonds is 4. The summed E-state index contributed by atoms with van der Waals surface area (Å²) in [5.41, 5.74) is 2.72. The zero-order valence-electron chi connectivity index (χ0n) is 18.6. The number of amides is 1. The summed E-state index contributed by atoms with van der Waals surface area (Å²) in [6.07, 6.45) is 5.72. The van der Waals surface area contributed by atoms with Crippen LogP contribution in [0.3, 0.4) is 0 Å². The second kappa shape index (κ2) is 8.02. The molecule has 4 heterocycles. The van der Waals surface area contributed by atoms with Crippen LogP contribution in [0, 0.1) is 17.6 Å². The highest BCUT2D eigenvalue weighted by atomic mass is 19.2. The van der Waals surface area contributed by atoms with Crippen molar-refractivity contribution in [3.05, 3.63) is 60.1 Å². The van der Waals surface area contributed by atoms with Gasteiger partial charge in [0.05, 0.1) is 11.8 Å². The van der Waals surface area contributed by atoms with E-state index in [1.54, 1.807) is 12.4 Å². The van der Waals surface area contributed by atoms with Gasteiger partial charge in [-0.2, -0.15) is 0 Å². The van der Waals surface area contributed by atoms with Crippen LogP contribution in [-0.4, -0.2) is 64.1 Å². The average molecular weight is 463 g/mol. The van der Waals surface area contributed by atoms with Crippen molar-refractivity contribution in [3.63, 3.8) is 0 Å². The maximum Gasteiger partial charge on any atom is 0.226 e. The Labute approximate surface area is 194 Å². The van der Waals surface area contributed by atoms with E-state index in [0.717, 1.165) is 49.6 Å². The van der Waals surface area contributed by atoms with Gasteiger partial charge in [0.1, 0.15) is 5.65 Å². The van der Waals surface area contributed by atoms with Gasteiger partial charge in [-0.1, -0.05) is 17.3 Å². The molecule has 1 amide bonds. The summed E-state index contributed by atoms with van der Waals surface area (Å²) in [7, 11) is 2.07. The van der Waals surface area contributed by atoms with Crippen LogP contribution in [0.5, 0.6) is 0 Å². The van der Waals surface area contributed by atoms with Gasteiger partial charge in [0.15, 0.2) is 17.4 Å². The number of nitrogens with one attached hydrogen (secondary N) is 1. The number of H-pyrrole nitrogens is 1. The van der Waals surface area contributed by atoms with Crippen LogP contribution in [0.4, 0.5) is 8.78 Å².